The molecule has 90 valence electrons. The van der Waals surface area contributed by atoms with Crippen molar-refractivity contribution in [1.29, 1.82) is 0 Å². The molecule has 0 rings (SSSR count). The molecule has 0 heterocycles. The summed E-state index contributed by atoms with van der Waals surface area (Å²) in [5, 5.41) is 0. The Morgan fingerprint density at radius 2 is 1.40 bits per heavy atom. The van der Waals surface area contributed by atoms with Crippen LogP contribution in [0.25, 0.3) is 0 Å². The van der Waals surface area contributed by atoms with Crippen molar-refractivity contribution in [2.45, 2.75) is 32.7 Å². The number of nitrogens with two attached hydrogens (primary N) is 1. The van der Waals surface area contributed by atoms with Gasteiger partial charge in [0, 0.05) is 0 Å². The maximum absolute atomic E-state index is 11.1. The number of ether oxygens (including phenoxy) is 2. The van der Waals surface area contributed by atoms with Crippen LogP contribution in [0.4, 0.5) is 0 Å². The summed E-state index contributed by atoms with van der Waals surface area (Å²) in [5.74, 6) is -1.46. The molecule has 0 fully saturated rings. The van der Waals surface area contributed by atoms with Crippen molar-refractivity contribution in [2.75, 3.05) is 13.2 Å². The SMILES string of the molecule is CCCOC(=O)C(N)C(=O)OCCC.Cl. The standard InChI is InChI=1S/C9H17NO4.ClH/c1-3-5-13-8(11)7(10)9(12)14-6-4-2;/h7H,3-6,10H2,1-2H3;1H. The van der Waals surface area contributed by atoms with Gasteiger partial charge in [0.05, 0.1) is 13.2 Å². The molecule has 0 amide bonds. The lowest BCUT2D eigenvalue weighted by atomic mass is 10.3. The molecule has 0 aromatic rings. The lowest BCUT2D eigenvalue weighted by molar-refractivity contribution is -0.157. The zero-order valence-electron chi connectivity index (χ0n) is 9.02. The molecule has 0 aliphatic carbocycles. The lowest BCUT2D eigenvalue weighted by Crippen LogP contribution is -2.41. The van der Waals surface area contributed by atoms with E-state index in [1.54, 1.807) is 0 Å². The third-order valence-electron chi connectivity index (χ3n) is 1.40. The second-order valence-electron chi connectivity index (χ2n) is 2.81. The third kappa shape index (κ3) is 7.16. The van der Waals surface area contributed by atoms with Gasteiger partial charge in [0.25, 0.3) is 0 Å². The van der Waals surface area contributed by atoms with Crippen LogP contribution in [0.2, 0.25) is 0 Å². The smallest absolute Gasteiger partial charge is 0.334 e. The van der Waals surface area contributed by atoms with E-state index in [1.807, 2.05) is 13.8 Å². The Morgan fingerprint density at radius 1 is 1.07 bits per heavy atom. The van der Waals surface area contributed by atoms with Gasteiger partial charge in [-0.05, 0) is 12.8 Å². The van der Waals surface area contributed by atoms with Crippen molar-refractivity contribution < 1.29 is 19.1 Å². The van der Waals surface area contributed by atoms with Crippen LogP contribution in [-0.4, -0.2) is 31.2 Å². The molecule has 0 spiro atoms. The molecule has 0 atom stereocenters. The molecule has 2 N–H and O–H groups in total. The summed E-state index contributed by atoms with van der Waals surface area (Å²) < 4.78 is 9.38. The highest BCUT2D eigenvalue weighted by Crippen LogP contribution is 1.92. The van der Waals surface area contributed by atoms with Gasteiger partial charge in [-0.15, -0.1) is 12.4 Å². The van der Waals surface area contributed by atoms with E-state index in [4.69, 9.17) is 5.73 Å². The largest absolute Gasteiger partial charge is 0.464 e. The van der Waals surface area contributed by atoms with Crippen LogP contribution in [0.1, 0.15) is 26.7 Å². The average molecular weight is 240 g/mol. The number of carbonyl (C=O) groups is 2. The van der Waals surface area contributed by atoms with E-state index in [-0.39, 0.29) is 25.6 Å². The zero-order chi connectivity index (χ0) is 11.0. The van der Waals surface area contributed by atoms with E-state index in [9.17, 15) is 9.59 Å². The minimum absolute atomic E-state index is 0. The molecule has 0 aromatic carbocycles. The molecule has 0 saturated heterocycles. The van der Waals surface area contributed by atoms with Gasteiger partial charge >= 0.3 is 11.9 Å². The summed E-state index contributed by atoms with van der Waals surface area (Å²) in [6.45, 7) is 4.25. The molecule has 15 heavy (non-hydrogen) atoms. The Labute approximate surface area is 95.7 Å². The van der Waals surface area contributed by atoms with Crippen molar-refractivity contribution in [3.8, 4) is 0 Å². The summed E-state index contributed by atoms with van der Waals surface area (Å²) in [7, 11) is 0. The fourth-order valence-corrected chi connectivity index (χ4v) is 0.681. The van der Waals surface area contributed by atoms with Crippen LogP contribution in [0, 0.1) is 0 Å². The van der Waals surface area contributed by atoms with Gasteiger partial charge < -0.3 is 15.2 Å². The first-order valence-electron chi connectivity index (χ1n) is 4.72. The van der Waals surface area contributed by atoms with Gasteiger partial charge in [-0.3, -0.25) is 0 Å². The van der Waals surface area contributed by atoms with Crippen molar-refractivity contribution in [1.82, 2.24) is 0 Å². The summed E-state index contributed by atoms with van der Waals surface area (Å²) in [6, 6.07) is -1.31. The van der Waals surface area contributed by atoms with E-state index in [0.29, 0.717) is 12.8 Å². The van der Waals surface area contributed by atoms with Gasteiger partial charge in [0.1, 0.15) is 0 Å². The summed E-state index contributed by atoms with van der Waals surface area (Å²) in [6.07, 6.45) is 1.39. The van der Waals surface area contributed by atoms with Gasteiger partial charge in [-0.2, -0.15) is 0 Å². The quantitative estimate of drug-likeness (QED) is 0.544. The van der Waals surface area contributed by atoms with Gasteiger partial charge in [0.2, 0.25) is 6.04 Å². The third-order valence-corrected chi connectivity index (χ3v) is 1.40. The van der Waals surface area contributed by atoms with E-state index in [2.05, 4.69) is 9.47 Å². The molecule has 5 nitrogen and oxygen atoms in total. The van der Waals surface area contributed by atoms with Crippen molar-refractivity contribution in [2.24, 2.45) is 5.73 Å². The predicted molar refractivity (Wildman–Crippen MR) is 57.7 cm³/mol. The fourth-order valence-electron chi connectivity index (χ4n) is 0.681. The molecule has 0 aromatic heterocycles. The molecule has 6 heteroatoms. The Hall–Kier alpha value is -0.810. The van der Waals surface area contributed by atoms with Crippen LogP contribution < -0.4 is 5.73 Å². The maximum Gasteiger partial charge on any atom is 0.334 e. The monoisotopic (exact) mass is 239 g/mol. The van der Waals surface area contributed by atoms with E-state index in [0.717, 1.165) is 0 Å². The average Bonchev–Trinajstić information content (AvgIpc) is 2.21. The first-order chi connectivity index (χ1) is 6.63. The van der Waals surface area contributed by atoms with Gasteiger partial charge in [0.15, 0.2) is 0 Å². The second-order valence-corrected chi connectivity index (χ2v) is 2.81. The van der Waals surface area contributed by atoms with Gasteiger partial charge in [-0.1, -0.05) is 13.8 Å². The summed E-state index contributed by atoms with van der Waals surface area (Å²) in [4.78, 5) is 22.1. The number of hydrogen-bond acceptors (Lipinski definition) is 5. The number of rotatable bonds is 6. The van der Waals surface area contributed by atoms with Crippen LogP contribution in [0.5, 0.6) is 0 Å². The molecule has 0 unspecified atom stereocenters. The van der Waals surface area contributed by atoms with Crippen LogP contribution in [0.3, 0.4) is 0 Å². The summed E-state index contributed by atoms with van der Waals surface area (Å²) >= 11 is 0. The Kier molecular flexibility index (Phi) is 10.8. The number of esters is 2. The molecule has 0 saturated carbocycles. The molecule has 0 aliphatic heterocycles. The van der Waals surface area contributed by atoms with Crippen molar-refractivity contribution in [3.63, 3.8) is 0 Å². The molecule has 0 radical (unpaired) electrons. The van der Waals surface area contributed by atoms with E-state index in [1.165, 1.54) is 0 Å². The van der Waals surface area contributed by atoms with E-state index >= 15 is 0 Å². The fraction of sp³-hybridized carbons (Fsp3) is 0.778. The molecule has 0 bridgehead atoms. The van der Waals surface area contributed by atoms with Crippen LogP contribution >= 0.6 is 12.4 Å². The predicted octanol–water partition coefficient (Wildman–Crippen LogP) is 0.642. The maximum atomic E-state index is 11.1. The highest BCUT2D eigenvalue weighted by molar-refractivity contribution is 5.98. The Balaban J connectivity index is 0. The first-order valence-corrected chi connectivity index (χ1v) is 4.72. The molecular formula is C9H18ClNO4. The topological polar surface area (TPSA) is 78.6 Å². The minimum Gasteiger partial charge on any atom is -0.464 e. The zero-order valence-corrected chi connectivity index (χ0v) is 9.84. The number of hydrogen-bond donors (Lipinski definition) is 1. The Morgan fingerprint density at radius 3 is 1.67 bits per heavy atom. The lowest BCUT2D eigenvalue weighted by Gasteiger charge is -2.10. The van der Waals surface area contributed by atoms with Crippen molar-refractivity contribution >= 4 is 24.3 Å². The van der Waals surface area contributed by atoms with Crippen LogP contribution in [0.15, 0.2) is 0 Å². The first kappa shape index (κ1) is 16.6. The molecule has 0 aliphatic rings. The highest BCUT2D eigenvalue weighted by atomic mass is 35.5. The molecular weight excluding hydrogens is 222 g/mol. The Bertz CT molecular complexity index is 179. The van der Waals surface area contributed by atoms with Crippen LogP contribution in [-0.2, 0) is 19.1 Å². The minimum atomic E-state index is -1.31. The highest BCUT2D eigenvalue weighted by Gasteiger charge is 2.24. The number of carbonyl (C=O) groups excluding carboxylic acids is 2. The van der Waals surface area contributed by atoms with Crippen molar-refractivity contribution in [3.05, 3.63) is 0 Å². The second kappa shape index (κ2) is 9.73. The van der Waals surface area contributed by atoms with E-state index < -0.39 is 18.0 Å². The normalized spacial score (nSPS) is 9.33. The summed E-state index contributed by atoms with van der Waals surface area (Å²) in [5.41, 5.74) is 5.29. The van der Waals surface area contributed by atoms with Gasteiger partial charge in [-0.25, -0.2) is 9.59 Å². The number of halogens is 1.